The molecule has 0 aliphatic heterocycles. The molecule has 1 amide bonds. The summed E-state index contributed by atoms with van der Waals surface area (Å²) in [6.45, 7) is 3.20. The number of aryl methyl sites for hydroxylation is 1. The Balaban J connectivity index is 0.00000242. The van der Waals surface area contributed by atoms with Gasteiger partial charge in [0, 0.05) is 25.7 Å². The summed E-state index contributed by atoms with van der Waals surface area (Å²) in [6, 6.07) is 6.14. The Hall–Kier alpha value is -1.21. The highest BCUT2D eigenvalue weighted by atomic mass is 35.5. The number of nitrogens with zero attached hydrogens (tertiary/aromatic N) is 2. The van der Waals surface area contributed by atoms with Gasteiger partial charge in [0.25, 0.3) is 5.91 Å². The van der Waals surface area contributed by atoms with Gasteiger partial charge in [-0.1, -0.05) is 0 Å². The highest BCUT2D eigenvalue weighted by Gasteiger charge is 2.19. The quantitative estimate of drug-likeness (QED) is 0.865. The molecule has 4 nitrogen and oxygen atoms in total. The van der Waals surface area contributed by atoms with E-state index in [0.29, 0.717) is 17.1 Å². The largest absolute Gasteiger partial charge is 0.340 e. The summed E-state index contributed by atoms with van der Waals surface area (Å²) in [5.41, 5.74) is 1.53. The summed E-state index contributed by atoms with van der Waals surface area (Å²) in [7, 11) is 3.62. The molecule has 0 aliphatic carbocycles. The summed E-state index contributed by atoms with van der Waals surface area (Å²) >= 11 is 1.34. The number of halogens is 3. The molecule has 2 rings (SSSR count). The maximum Gasteiger partial charge on any atom is 0.265 e. The van der Waals surface area contributed by atoms with Crippen molar-refractivity contribution in [3.8, 4) is 10.6 Å². The van der Waals surface area contributed by atoms with Gasteiger partial charge in [0.1, 0.15) is 15.7 Å². The lowest BCUT2D eigenvalue weighted by molar-refractivity contribution is 0.0800. The van der Waals surface area contributed by atoms with Crippen LogP contribution in [0.15, 0.2) is 24.3 Å². The summed E-state index contributed by atoms with van der Waals surface area (Å²) in [5, 5.41) is 3.75. The second-order valence-electron chi connectivity index (χ2n) is 4.77. The number of carbonyl (C=O) groups excluding carboxylic acids is 1. The number of amides is 1. The zero-order valence-corrected chi connectivity index (χ0v) is 15.6. The van der Waals surface area contributed by atoms with Crippen LogP contribution in [-0.4, -0.2) is 43.0 Å². The van der Waals surface area contributed by atoms with Crippen LogP contribution in [0.2, 0.25) is 0 Å². The molecular formula is C15H20Cl2FN3OS. The SMILES string of the molecule is CNCCN(C)C(=O)c1sc(-c2ccc(F)cc2)nc1C.Cl.Cl. The van der Waals surface area contributed by atoms with Gasteiger partial charge >= 0.3 is 0 Å². The van der Waals surface area contributed by atoms with Gasteiger partial charge < -0.3 is 10.2 Å². The highest BCUT2D eigenvalue weighted by molar-refractivity contribution is 7.17. The van der Waals surface area contributed by atoms with Gasteiger partial charge in [-0.15, -0.1) is 36.2 Å². The van der Waals surface area contributed by atoms with Crippen molar-refractivity contribution >= 4 is 42.1 Å². The van der Waals surface area contributed by atoms with E-state index >= 15 is 0 Å². The predicted molar refractivity (Wildman–Crippen MR) is 97.6 cm³/mol. The summed E-state index contributed by atoms with van der Waals surface area (Å²) in [5.74, 6) is -0.316. The Morgan fingerprint density at radius 3 is 2.48 bits per heavy atom. The van der Waals surface area contributed by atoms with Crippen molar-refractivity contribution in [2.24, 2.45) is 0 Å². The normalized spacial score (nSPS) is 9.74. The van der Waals surface area contributed by atoms with Crippen molar-refractivity contribution in [2.45, 2.75) is 6.92 Å². The second kappa shape index (κ2) is 9.82. The molecule has 1 N–H and O–H groups in total. The Bertz CT molecular complexity index is 634. The zero-order valence-electron chi connectivity index (χ0n) is 13.1. The molecule has 0 aliphatic rings. The number of hydrogen-bond donors (Lipinski definition) is 1. The minimum atomic E-state index is -0.282. The Morgan fingerprint density at radius 1 is 1.30 bits per heavy atom. The molecule has 0 spiro atoms. The Labute approximate surface area is 151 Å². The van der Waals surface area contributed by atoms with Gasteiger partial charge in [-0.3, -0.25) is 4.79 Å². The van der Waals surface area contributed by atoms with E-state index in [4.69, 9.17) is 0 Å². The average molecular weight is 380 g/mol. The van der Waals surface area contributed by atoms with Crippen molar-refractivity contribution in [3.63, 3.8) is 0 Å². The van der Waals surface area contributed by atoms with E-state index in [9.17, 15) is 9.18 Å². The lowest BCUT2D eigenvalue weighted by Gasteiger charge is -2.15. The van der Waals surface area contributed by atoms with Crippen LogP contribution >= 0.6 is 36.2 Å². The first-order valence-corrected chi connectivity index (χ1v) is 7.48. The van der Waals surface area contributed by atoms with Crippen LogP contribution in [0.3, 0.4) is 0 Å². The van der Waals surface area contributed by atoms with Crippen LogP contribution in [0, 0.1) is 12.7 Å². The van der Waals surface area contributed by atoms with Gasteiger partial charge in [0.2, 0.25) is 0 Å². The van der Waals surface area contributed by atoms with E-state index in [1.54, 1.807) is 24.1 Å². The van der Waals surface area contributed by atoms with Crippen LogP contribution in [-0.2, 0) is 0 Å². The molecule has 0 saturated heterocycles. The van der Waals surface area contributed by atoms with Crippen LogP contribution in [0.25, 0.3) is 10.6 Å². The first kappa shape index (κ1) is 21.8. The minimum Gasteiger partial charge on any atom is -0.340 e. The molecular weight excluding hydrogens is 360 g/mol. The predicted octanol–water partition coefficient (Wildman–Crippen LogP) is 3.39. The molecule has 1 aromatic carbocycles. The van der Waals surface area contributed by atoms with Crippen LogP contribution in [0.1, 0.15) is 15.4 Å². The minimum absolute atomic E-state index is 0. The smallest absolute Gasteiger partial charge is 0.265 e. The van der Waals surface area contributed by atoms with Gasteiger partial charge in [-0.25, -0.2) is 9.37 Å². The first-order chi connectivity index (χ1) is 10.0. The molecule has 0 radical (unpaired) electrons. The van der Waals surface area contributed by atoms with Crippen LogP contribution in [0.4, 0.5) is 4.39 Å². The molecule has 2 aromatic rings. The van der Waals surface area contributed by atoms with E-state index in [1.807, 2.05) is 14.0 Å². The number of aromatic nitrogens is 1. The zero-order chi connectivity index (χ0) is 15.4. The van der Waals surface area contributed by atoms with Crippen molar-refractivity contribution in [3.05, 3.63) is 40.7 Å². The Morgan fingerprint density at radius 2 is 1.91 bits per heavy atom. The van der Waals surface area contributed by atoms with Crippen molar-refractivity contribution in [1.29, 1.82) is 0 Å². The van der Waals surface area contributed by atoms with Gasteiger partial charge in [0.15, 0.2) is 0 Å². The third-order valence-electron chi connectivity index (χ3n) is 3.13. The van der Waals surface area contributed by atoms with Crippen molar-refractivity contribution in [2.75, 3.05) is 27.2 Å². The molecule has 1 heterocycles. The van der Waals surface area contributed by atoms with Crippen molar-refractivity contribution in [1.82, 2.24) is 15.2 Å². The number of likely N-dealkylation sites (N-methyl/N-ethyl adjacent to an activating group) is 2. The molecule has 0 unspecified atom stereocenters. The van der Waals surface area contributed by atoms with Crippen molar-refractivity contribution < 1.29 is 9.18 Å². The number of thiazole rings is 1. The fourth-order valence-electron chi connectivity index (χ4n) is 1.87. The molecule has 23 heavy (non-hydrogen) atoms. The van der Waals surface area contributed by atoms with E-state index in [0.717, 1.165) is 17.1 Å². The van der Waals surface area contributed by atoms with Gasteiger partial charge in [0.05, 0.1) is 5.69 Å². The molecule has 0 saturated carbocycles. The monoisotopic (exact) mass is 379 g/mol. The van der Waals surface area contributed by atoms with E-state index in [1.165, 1.54) is 23.5 Å². The number of rotatable bonds is 5. The van der Waals surface area contributed by atoms with E-state index in [2.05, 4.69) is 10.3 Å². The lowest BCUT2D eigenvalue weighted by atomic mass is 10.2. The Kier molecular flexibility index (Phi) is 9.31. The maximum absolute atomic E-state index is 13.0. The summed E-state index contributed by atoms with van der Waals surface area (Å²) in [6.07, 6.45) is 0. The standard InChI is InChI=1S/C15H18FN3OS.2ClH/c1-10-13(15(20)19(3)9-8-17-2)21-14(18-10)11-4-6-12(16)7-5-11;;/h4-7,17H,8-9H2,1-3H3;2*1H. The molecule has 0 fully saturated rings. The molecule has 8 heteroatoms. The highest BCUT2D eigenvalue weighted by Crippen LogP contribution is 2.28. The number of carbonyl (C=O) groups is 1. The molecule has 1 aromatic heterocycles. The van der Waals surface area contributed by atoms with E-state index < -0.39 is 0 Å². The third-order valence-corrected chi connectivity index (χ3v) is 4.32. The third kappa shape index (κ3) is 5.42. The topological polar surface area (TPSA) is 45.2 Å². The number of nitrogens with one attached hydrogen (secondary N) is 1. The fraction of sp³-hybridized carbons (Fsp3) is 0.333. The van der Waals surface area contributed by atoms with Crippen LogP contribution < -0.4 is 5.32 Å². The lowest BCUT2D eigenvalue weighted by Crippen LogP contribution is -2.32. The van der Waals surface area contributed by atoms with Crippen LogP contribution in [0.5, 0.6) is 0 Å². The molecule has 0 bridgehead atoms. The average Bonchev–Trinajstić information content (AvgIpc) is 2.86. The second-order valence-corrected chi connectivity index (χ2v) is 5.77. The van der Waals surface area contributed by atoms with Gasteiger partial charge in [-0.05, 0) is 38.2 Å². The number of hydrogen-bond acceptors (Lipinski definition) is 4. The van der Waals surface area contributed by atoms with Gasteiger partial charge in [-0.2, -0.15) is 0 Å². The fourth-order valence-corrected chi connectivity index (χ4v) is 2.93. The van der Waals surface area contributed by atoms with E-state index in [-0.39, 0.29) is 36.5 Å². The first-order valence-electron chi connectivity index (χ1n) is 6.66. The molecule has 0 atom stereocenters. The summed E-state index contributed by atoms with van der Waals surface area (Å²) < 4.78 is 13.0. The maximum atomic E-state index is 13.0. The summed E-state index contributed by atoms with van der Waals surface area (Å²) in [4.78, 5) is 19.1. The molecule has 128 valence electrons. The number of benzene rings is 1.